The fourth-order valence-electron chi connectivity index (χ4n) is 3.89. The van der Waals surface area contributed by atoms with E-state index in [0.29, 0.717) is 22.9 Å². The van der Waals surface area contributed by atoms with E-state index in [0.717, 1.165) is 10.5 Å². The average molecular weight is 578 g/mol. The molecule has 0 aromatic heterocycles. The van der Waals surface area contributed by atoms with Crippen molar-refractivity contribution in [2.24, 2.45) is 5.14 Å². The largest absolute Gasteiger partial charge is 0.496 e. The van der Waals surface area contributed by atoms with Crippen molar-refractivity contribution in [3.63, 3.8) is 0 Å². The fraction of sp³-hybridized carbons (Fsp3) is 0.103. The van der Waals surface area contributed by atoms with Gasteiger partial charge in [0.2, 0.25) is 15.9 Å². The number of carbonyl (C=O) groups excluding carboxylic acids is 2. The summed E-state index contributed by atoms with van der Waals surface area (Å²) in [4.78, 5) is 27.2. The molecule has 4 aromatic carbocycles. The van der Waals surface area contributed by atoms with Gasteiger partial charge >= 0.3 is 0 Å². The fourth-order valence-corrected chi connectivity index (χ4v) is 5.49. The third kappa shape index (κ3) is 7.00. The quantitative estimate of drug-likeness (QED) is 0.224. The van der Waals surface area contributed by atoms with Gasteiger partial charge in [0.15, 0.2) is 0 Å². The predicted octanol–water partition coefficient (Wildman–Crippen LogP) is 5.08. The molecule has 0 aliphatic carbocycles. The number of rotatable bonds is 10. The zero-order chi connectivity index (χ0) is 28.7. The topological polar surface area (TPSA) is 137 Å². The van der Waals surface area contributed by atoms with Gasteiger partial charge < -0.3 is 20.1 Å². The summed E-state index contributed by atoms with van der Waals surface area (Å²) in [5, 5.41) is 10.2. The first-order chi connectivity index (χ1) is 19.2. The lowest BCUT2D eigenvalue weighted by atomic mass is 10.1. The molecule has 0 spiro atoms. The van der Waals surface area contributed by atoms with Crippen LogP contribution in [0.25, 0.3) is 0 Å². The molecule has 206 valence electrons. The monoisotopic (exact) mass is 577 g/mol. The summed E-state index contributed by atoms with van der Waals surface area (Å²) in [5.74, 6) is 0.0325. The second-order valence-electron chi connectivity index (χ2n) is 8.49. The lowest BCUT2D eigenvalue weighted by molar-refractivity contribution is -0.115. The summed E-state index contributed by atoms with van der Waals surface area (Å²) in [7, 11) is -0.891. The molecule has 0 heterocycles. The summed E-state index contributed by atoms with van der Waals surface area (Å²) in [5.41, 5.74) is 1.97. The Balaban J connectivity index is 1.56. The lowest BCUT2D eigenvalue weighted by Crippen LogP contribution is -2.19. The molecular formula is C29H27N3O6S2. The lowest BCUT2D eigenvalue weighted by Gasteiger charge is -2.18. The maximum absolute atomic E-state index is 13.4. The summed E-state index contributed by atoms with van der Waals surface area (Å²) in [6.45, 7) is 0. The van der Waals surface area contributed by atoms with Crippen LogP contribution in [0.4, 0.5) is 11.4 Å². The molecule has 0 bridgehead atoms. The van der Waals surface area contributed by atoms with Crippen molar-refractivity contribution in [2.45, 2.75) is 15.0 Å². The average Bonchev–Trinajstić information content (AvgIpc) is 2.95. The molecule has 0 fully saturated rings. The van der Waals surface area contributed by atoms with Crippen LogP contribution in [-0.2, 0) is 14.8 Å². The highest BCUT2D eigenvalue weighted by atomic mass is 32.2. The van der Waals surface area contributed by atoms with E-state index in [1.54, 1.807) is 36.4 Å². The van der Waals surface area contributed by atoms with Crippen LogP contribution in [0.15, 0.2) is 107 Å². The third-order valence-corrected chi connectivity index (χ3v) is 7.97. The molecule has 40 heavy (non-hydrogen) atoms. The van der Waals surface area contributed by atoms with Gasteiger partial charge in [-0.25, -0.2) is 13.6 Å². The van der Waals surface area contributed by atoms with E-state index in [4.69, 9.17) is 14.6 Å². The van der Waals surface area contributed by atoms with Gasteiger partial charge in [-0.2, -0.15) is 0 Å². The third-order valence-electron chi connectivity index (χ3n) is 5.79. The van der Waals surface area contributed by atoms with Gasteiger partial charge in [-0.1, -0.05) is 42.5 Å². The Morgan fingerprint density at radius 3 is 2.00 bits per heavy atom. The molecule has 0 saturated carbocycles. The Morgan fingerprint density at radius 1 is 0.775 bits per heavy atom. The minimum Gasteiger partial charge on any atom is -0.496 e. The minimum absolute atomic E-state index is 0.0518. The van der Waals surface area contributed by atoms with Gasteiger partial charge in [-0.3, -0.25) is 9.59 Å². The summed E-state index contributed by atoms with van der Waals surface area (Å²) < 4.78 is 33.8. The second-order valence-corrected chi connectivity index (χ2v) is 11.2. The van der Waals surface area contributed by atoms with E-state index < -0.39 is 21.2 Å². The van der Waals surface area contributed by atoms with Crippen molar-refractivity contribution >= 4 is 45.0 Å². The van der Waals surface area contributed by atoms with Crippen LogP contribution in [0.3, 0.4) is 0 Å². The van der Waals surface area contributed by atoms with Crippen LogP contribution in [0.2, 0.25) is 0 Å². The van der Waals surface area contributed by atoms with Crippen LogP contribution in [-0.4, -0.2) is 34.5 Å². The molecule has 2 amide bonds. The number of anilines is 2. The maximum Gasteiger partial charge on any atom is 0.263 e. The number of nitrogens with two attached hydrogens (primary N) is 1. The number of sulfonamides is 1. The van der Waals surface area contributed by atoms with Gasteiger partial charge in [0.25, 0.3) is 5.91 Å². The van der Waals surface area contributed by atoms with E-state index >= 15 is 0 Å². The van der Waals surface area contributed by atoms with E-state index in [9.17, 15) is 18.0 Å². The van der Waals surface area contributed by atoms with Gasteiger partial charge in [-0.15, -0.1) is 11.8 Å². The van der Waals surface area contributed by atoms with Crippen molar-refractivity contribution < 1.29 is 27.5 Å². The summed E-state index contributed by atoms with van der Waals surface area (Å²) in [6.07, 6.45) is 0. The number of nitrogens with one attached hydrogen (secondary N) is 2. The number of amides is 2. The zero-order valence-corrected chi connectivity index (χ0v) is 23.3. The normalized spacial score (nSPS) is 11.8. The van der Waals surface area contributed by atoms with Crippen molar-refractivity contribution in [3.8, 4) is 11.5 Å². The van der Waals surface area contributed by atoms with E-state index in [2.05, 4.69) is 10.6 Å². The van der Waals surface area contributed by atoms with Crippen LogP contribution in [0, 0.1) is 0 Å². The van der Waals surface area contributed by atoms with E-state index in [-0.39, 0.29) is 16.4 Å². The van der Waals surface area contributed by atoms with Crippen LogP contribution < -0.4 is 25.2 Å². The molecular weight excluding hydrogens is 550 g/mol. The second kappa shape index (κ2) is 12.7. The van der Waals surface area contributed by atoms with Crippen molar-refractivity contribution in [2.75, 3.05) is 24.9 Å². The number of methoxy groups -OCH3 is 2. The molecule has 11 heteroatoms. The zero-order valence-electron chi connectivity index (χ0n) is 21.7. The Morgan fingerprint density at radius 2 is 1.40 bits per heavy atom. The predicted molar refractivity (Wildman–Crippen MR) is 155 cm³/mol. The van der Waals surface area contributed by atoms with Gasteiger partial charge in [0.05, 0.1) is 19.1 Å². The smallest absolute Gasteiger partial charge is 0.263 e. The molecule has 0 aliphatic heterocycles. The van der Waals surface area contributed by atoms with Crippen molar-refractivity contribution in [1.82, 2.24) is 0 Å². The number of ether oxygens (including phenoxy) is 2. The first kappa shape index (κ1) is 28.7. The van der Waals surface area contributed by atoms with Crippen molar-refractivity contribution in [3.05, 3.63) is 108 Å². The number of thioether (sulfide) groups is 1. The first-order valence-corrected chi connectivity index (χ1v) is 14.4. The van der Waals surface area contributed by atoms with Crippen LogP contribution in [0.1, 0.15) is 21.2 Å². The van der Waals surface area contributed by atoms with E-state index in [1.165, 1.54) is 50.2 Å². The number of carbonyl (C=O) groups is 2. The van der Waals surface area contributed by atoms with Crippen LogP contribution in [0.5, 0.6) is 11.5 Å². The molecule has 4 rings (SSSR count). The Hall–Kier alpha value is -4.32. The van der Waals surface area contributed by atoms with Gasteiger partial charge in [-0.05, 0) is 60.2 Å². The Bertz CT molecular complexity index is 1590. The molecule has 0 aliphatic rings. The number of benzene rings is 4. The van der Waals surface area contributed by atoms with E-state index in [1.807, 2.05) is 36.4 Å². The first-order valence-electron chi connectivity index (χ1n) is 12.0. The Kier molecular flexibility index (Phi) is 9.10. The Labute approximate surface area is 236 Å². The summed E-state index contributed by atoms with van der Waals surface area (Å²) in [6, 6.07) is 27.1. The molecule has 4 aromatic rings. The van der Waals surface area contributed by atoms with Crippen LogP contribution >= 0.6 is 11.8 Å². The molecule has 0 radical (unpaired) electrons. The molecule has 1 unspecified atom stereocenters. The number of primary sulfonamides is 1. The molecule has 4 N–H and O–H groups in total. The van der Waals surface area contributed by atoms with Gasteiger partial charge in [0, 0.05) is 16.3 Å². The molecule has 0 saturated heterocycles. The SMILES string of the molecule is COc1cccc(OC)c1C(=O)Nc1cccc(SC(C(=O)Nc2ccc(S(N)(=O)=O)cc2)c2ccccc2)c1. The molecule has 1 atom stereocenters. The maximum atomic E-state index is 13.4. The number of hydrogen-bond donors (Lipinski definition) is 3. The van der Waals surface area contributed by atoms with Gasteiger partial charge in [0.1, 0.15) is 22.3 Å². The standard InChI is InChI=1S/C29H27N3O6S2/c1-37-24-12-7-13-25(38-2)26(24)28(33)32-21-10-6-11-22(18-21)39-27(19-8-4-3-5-9-19)29(34)31-20-14-16-23(17-15-20)40(30,35)36/h3-18,27H,1-2H3,(H,31,34)(H,32,33)(H2,30,35,36). The highest BCUT2D eigenvalue weighted by molar-refractivity contribution is 8.00. The highest BCUT2D eigenvalue weighted by Gasteiger charge is 2.23. The highest BCUT2D eigenvalue weighted by Crippen LogP contribution is 2.37. The summed E-state index contributed by atoms with van der Waals surface area (Å²) >= 11 is 1.30. The molecule has 9 nitrogen and oxygen atoms in total. The number of hydrogen-bond acceptors (Lipinski definition) is 7. The van der Waals surface area contributed by atoms with Crippen molar-refractivity contribution in [1.29, 1.82) is 0 Å². The minimum atomic E-state index is -3.85.